The van der Waals surface area contributed by atoms with Crippen LogP contribution in [0.15, 0.2) is 85.3 Å². The van der Waals surface area contributed by atoms with Gasteiger partial charge in [-0.15, -0.1) is 5.10 Å². The third-order valence-electron chi connectivity index (χ3n) is 5.23. The third kappa shape index (κ3) is 3.69. The largest absolute Gasteiger partial charge is 0.487 e. The van der Waals surface area contributed by atoms with Crippen molar-refractivity contribution in [2.45, 2.75) is 12.6 Å². The zero-order valence-electron chi connectivity index (χ0n) is 16.3. The SMILES string of the molecule is O=C(c1ccc(-n2cccc2)cc1)N1CC(n2cc(COc3ccccc3)nn2)C1. The van der Waals surface area contributed by atoms with Crippen LogP contribution in [0.4, 0.5) is 0 Å². The molecule has 4 aromatic rings. The fourth-order valence-corrected chi connectivity index (χ4v) is 3.49. The number of hydrogen-bond acceptors (Lipinski definition) is 4. The fraction of sp³-hybridized carbons (Fsp3) is 0.174. The molecule has 2 aromatic heterocycles. The van der Waals surface area contributed by atoms with E-state index in [0.29, 0.717) is 25.3 Å². The van der Waals surface area contributed by atoms with Gasteiger partial charge >= 0.3 is 0 Å². The first-order chi connectivity index (χ1) is 14.8. The van der Waals surface area contributed by atoms with Crippen LogP contribution in [0.25, 0.3) is 5.69 Å². The first-order valence-corrected chi connectivity index (χ1v) is 9.87. The topological polar surface area (TPSA) is 65.2 Å². The Morgan fingerprint density at radius 3 is 2.43 bits per heavy atom. The zero-order valence-corrected chi connectivity index (χ0v) is 16.3. The molecule has 5 rings (SSSR count). The molecule has 0 N–H and O–H groups in total. The standard InChI is InChI=1S/C23H21N5O2/c29-23(18-8-10-20(11-9-18)26-12-4-5-13-26)27-15-21(16-27)28-14-19(24-25-28)17-30-22-6-2-1-3-7-22/h1-14,21H,15-17H2. The first kappa shape index (κ1) is 18.2. The Morgan fingerprint density at radius 2 is 1.70 bits per heavy atom. The van der Waals surface area contributed by atoms with E-state index in [1.807, 2.05) is 99.5 Å². The average Bonchev–Trinajstić information content (AvgIpc) is 3.45. The molecule has 7 heteroatoms. The molecular formula is C23H21N5O2. The highest BCUT2D eigenvalue weighted by atomic mass is 16.5. The van der Waals surface area contributed by atoms with Gasteiger partial charge in [0.2, 0.25) is 0 Å². The van der Waals surface area contributed by atoms with E-state index in [1.54, 1.807) is 0 Å². The van der Waals surface area contributed by atoms with Crippen molar-refractivity contribution in [2.24, 2.45) is 0 Å². The normalized spacial score (nSPS) is 13.8. The van der Waals surface area contributed by atoms with Gasteiger partial charge in [-0.3, -0.25) is 4.79 Å². The fourth-order valence-electron chi connectivity index (χ4n) is 3.49. The van der Waals surface area contributed by atoms with Gasteiger partial charge < -0.3 is 14.2 Å². The third-order valence-corrected chi connectivity index (χ3v) is 5.23. The van der Waals surface area contributed by atoms with E-state index in [4.69, 9.17) is 4.74 Å². The molecule has 0 spiro atoms. The molecule has 1 aliphatic heterocycles. The van der Waals surface area contributed by atoms with Crippen molar-refractivity contribution in [3.8, 4) is 11.4 Å². The number of rotatable bonds is 6. The quantitative estimate of drug-likeness (QED) is 0.499. The number of nitrogens with zero attached hydrogens (tertiary/aromatic N) is 5. The number of para-hydroxylation sites is 1. The number of benzene rings is 2. The van der Waals surface area contributed by atoms with Crippen molar-refractivity contribution in [3.05, 3.63) is 96.6 Å². The number of carbonyl (C=O) groups excluding carboxylic acids is 1. The molecular weight excluding hydrogens is 378 g/mol. The van der Waals surface area contributed by atoms with Crippen LogP contribution in [0, 0.1) is 0 Å². The molecule has 30 heavy (non-hydrogen) atoms. The summed E-state index contributed by atoms with van der Waals surface area (Å²) in [4.78, 5) is 14.6. The summed E-state index contributed by atoms with van der Waals surface area (Å²) >= 11 is 0. The van der Waals surface area contributed by atoms with Crippen molar-refractivity contribution >= 4 is 5.91 Å². The molecule has 0 radical (unpaired) electrons. The number of likely N-dealkylation sites (tertiary alicyclic amines) is 1. The van der Waals surface area contributed by atoms with Crippen molar-refractivity contribution in [3.63, 3.8) is 0 Å². The van der Waals surface area contributed by atoms with Crippen molar-refractivity contribution < 1.29 is 9.53 Å². The van der Waals surface area contributed by atoms with Gasteiger partial charge in [0, 0.05) is 36.7 Å². The Hall–Kier alpha value is -3.87. The Kier molecular flexibility index (Phi) is 4.77. The summed E-state index contributed by atoms with van der Waals surface area (Å²) in [6.07, 6.45) is 5.85. The smallest absolute Gasteiger partial charge is 0.254 e. The van der Waals surface area contributed by atoms with Gasteiger partial charge in [0.05, 0.1) is 12.2 Å². The summed E-state index contributed by atoms with van der Waals surface area (Å²) in [5.41, 5.74) is 2.50. The highest BCUT2D eigenvalue weighted by Gasteiger charge is 2.33. The minimum atomic E-state index is 0.0399. The highest BCUT2D eigenvalue weighted by molar-refractivity contribution is 5.95. The lowest BCUT2D eigenvalue weighted by molar-refractivity contribution is 0.0498. The van der Waals surface area contributed by atoms with E-state index in [2.05, 4.69) is 10.3 Å². The van der Waals surface area contributed by atoms with Gasteiger partial charge in [-0.2, -0.15) is 0 Å². The molecule has 1 saturated heterocycles. The van der Waals surface area contributed by atoms with E-state index < -0.39 is 0 Å². The van der Waals surface area contributed by atoms with Crippen molar-refractivity contribution in [1.29, 1.82) is 0 Å². The average molecular weight is 399 g/mol. The Bertz CT molecular complexity index is 1110. The maximum Gasteiger partial charge on any atom is 0.254 e. The van der Waals surface area contributed by atoms with Crippen LogP contribution in [0.2, 0.25) is 0 Å². The summed E-state index contributed by atoms with van der Waals surface area (Å²) in [6, 6.07) is 21.4. The summed E-state index contributed by atoms with van der Waals surface area (Å²) < 4.78 is 9.54. The van der Waals surface area contributed by atoms with E-state index >= 15 is 0 Å². The van der Waals surface area contributed by atoms with Crippen molar-refractivity contribution in [1.82, 2.24) is 24.5 Å². The molecule has 0 atom stereocenters. The second kappa shape index (κ2) is 7.87. The van der Waals surface area contributed by atoms with Gasteiger partial charge in [-0.1, -0.05) is 23.4 Å². The highest BCUT2D eigenvalue weighted by Crippen LogP contribution is 2.23. The van der Waals surface area contributed by atoms with Gasteiger partial charge in [0.15, 0.2) is 0 Å². The van der Waals surface area contributed by atoms with Crippen LogP contribution in [0.5, 0.6) is 5.75 Å². The van der Waals surface area contributed by atoms with E-state index in [9.17, 15) is 4.79 Å². The number of hydrogen-bond donors (Lipinski definition) is 0. The van der Waals surface area contributed by atoms with E-state index in [0.717, 1.165) is 17.1 Å². The van der Waals surface area contributed by atoms with Crippen molar-refractivity contribution in [2.75, 3.05) is 13.1 Å². The molecule has 0 bridgehead atoms. The second-order valence-electron chi connectivity index (χ2n) is 7.29. The lowest BCUT2D eigenvalue weighted by Gasteiger charge is -2.38. The lowest BCUT2D eigenvalue weighted by Crippen LogP contribution is -2.50. The van der Waals surface area contributed by atoms with E-state index in [-0.39, 0.29) is 11.9 Å². The molecule has 1 aliphatic rings. The number of carbonyl (C=O) groups is 1. The molecule has 150 valence electrons. The molecule has 3 heterocycles. The maximum absolute atomic E-state index is 12.7. The first-order valence-electron chi connectivity index (χ1n) is 9.87. The molecule has 0 unspecified atom stereocenters. The Morgan fingerprint density at radius 1 is 0.967 bits per heavy atom. The number of ether oxygens (including phenoxy) is 1. The Labute approximate surface area is 174 Å². The summed E-state index contributed by atoms with van der Waals surface area (Å²) in [5.74, 6) is 0.841. The molecule has 0 aliphatic carbocycles. The zero-order chi connectivity index (χ0) is 20.3. The molecule has 0 saturated carbocycles. The predicted octanol–water partition coefficient (Wildman–Crippen LogP) is 3.34. The Balaban J connectivity index is 1.15. The minimum absolute atomic E-state index is 0.0399. The molecule has 2 aromatic carbocycles. The molecule has 1 fully saturated rings. The molecule has 7 nitrogen and oxygen atoms in total. The van der Waals surface area contributed by atoms with Crippen LogP contribution in [-0.4, -0.2) is 43.5 Å². The minimum Gasteiger partial charge on any atom is -0.487 e. The number of aromatic nitrogens is 4. The summed E-state index contributed by atoms with van der Waals surface area (Å²) in [7, 11) is 0. The number of amides is 1. The van der Waals surface area contributed by atoms with Crippen LogP contribution in [-0.2, 0) is 6.61 Å². The van der Waals surface area contributed by atoms with Gasteiger partial charge in [-0.05, 0) is 48.5 Å². The lowest BCUT2D eigenvalue weighted by atomic mass is 10.1. The van der Waals surface area contributed by atoms with E-state index in [1.165, 1.54) is 0 Å². The monoisotopic (exact) mass is 399 g/mol. The molecule has 1 amide bonds. The second-order valence-corrected chi connectivity index (χ2v) is 7.29. The van der Waals surface area contributed by atoms with Crippen LogP contribution in [0.1, 0.15) is 22.1 Å². The van der Waals surface area contributed by atoms with Gasteiger partial charge in [-0.25, -0.2) is 4.68 Å². The van der Waals surface area contributed by atoms with Gasteiger partial charge in [0.1, 0.15) is 18.1 Å². The van der Waals surface area contributed by atoms with Crippen LogP contribution >= 0.6 is 0 Å². The summed E-state index contributed by atoms with van der Waals surface area (Å²) in [5, 5.41) is 8.38. The van der Waals surface area contributed by atoms with Gasteiger partial charge in [0.25, 0.3) is 5.91 Å². The van der Waals surface area contributed by atoms with Crippen LogP contribution < -0.4 is 4.74 Å². The summed E-state index contributed by atoms with van der Waals surface area (Å²) in [6.45, 7) is 1.62. The van der Waals surface area contributed by atoms with Crippen LogP contribution in [0.3, 0.4) is 0 Å². The maximum atomic E-state index is 12.7. The predicted molar refractivity (Wildman–Crippen MR) is 112 cm³/mol.